The van der Waals surface area contributed by atoms with E-state index in [0.717, 1.165) is 42.3 Å². The molecule has 0 saturated carbocycles. The molecular weight excluding hydrogens is 294 g/mol. The van der Waals surface area contributed by atoms with Gasteiger partial charge in [-0.3, -0.25) is 4.90 Å². The molecule has 1 N–H and O–H groups in total. The van der Waals surface area contributed by atoms with Gasteiger partial charge in [-0.15, -0.1) is 0 Å². The van der Waals surface area contributed by atoms with Gasteiger partial charge in [-0.2, -0.15) is 0 Å². The number of nitrogens with zero attached hydrogens (tertiary/aromatic N) is 4. The number of hydrogen-bond donors (Lipinski definition) is 1. The highest BCUT2D eigenvalue weighted by Gasteiger charge is 2.22. The molecule has 0 aromatic carbocycles. The monoisotopic (exact) mass is 313 g/mol. The lowest BCUT2D eigenvalue weighted by Crippen LogP contribution is -2.49. The fraction of sp³-hybridized carbons (Fsp3) is 0.667. The van der Waals surface area contributed by atoms with E-state index in [1.165, 1.54) is 0 Å². The normalized spacial score (nSPS) is 17.3. The lowest BCUT2D eigenvalue weighted by Gasteiger charge is -2.37. The van der Waals surface area contributed by atoms with Crippen LogP contribution in [0, 0.1) is 0 Å². The fourth-order valence-corrected chi connectivity index (χ4v) is 2.86. The molecule has 1 saturated heterocycles. The molecule has 1 aliphatic heterocycles. The maximum Gasteiger partial charge on any atom is 0.148 e. The standard InChI is InChI=1S/C12H20BrN5/c1-9(2)17-4-6-18(7-5-17)12-10(13)11(14-3)15-8-16-12/h8-9H,4-7H2,1-3H3,(H,14,15,16). The molecule has 18 heavy (non-hydrogen) atoms. The fourth-order valence-electron chi connectivity index (χ4n) is 2.21. The molecule has 5 nitrogen and oxygen atoms in total. The first-order valence-electron chi connectivity index (χ1n) is 6.30. The van der Waals surface area contributed by atoms with Crippen LogP contribution in [0.3, 0.4) is 0 Å². The average Bonchev–Trinajstić information content (AvgIpc) is 2.39. The maximum atomic E-state index is 4.39. The predicted molar refractivity (Wildman–Crippen MR) is 78.2 cm³/mol. The minimum absolute atomic E-state index is 0.619. The van der Waals surface area contributed by atoms with Crippen LogP contribution in [0.4, 0.5) is 11.6 Å². The van der Waals surface area contributed by atoms with Gasteiger partial charge < -0.3 is 10.2 Å². The summed E-state index contributed by atoms with van der Waals surface area (Å²) in [5.41, 5.74) is 0. The molecule has 0 amide bonds. The minimum atomic E-state index is 0.619. The zero-order chi connectivity index (χ0) is 13.1. The zero-order valence-corrected chi connectivity index (χ0v) is 12.7. The van der Waals surface area contributed by atoms with Gasteiger partial charge in [0.15, 0.2) is 0 Å². The van der Waals surface area contributed by atoms with Crippen LogP contribution in [-0.2, 0) is 0 Å². The van der Waals surface area contributed by atoms with Crippen molar-refractivity contribution >= 4 is 27.6 Å². The summed E-state index contributed by atoms with van der Waals surface area (Å²) in [6, 6.07) is 0.619. The Kier molecular flexibility index (Phi) is 4.40. The zero-order valence-electron chi connectivity index (χ0n) is 11.1. The molecule has 1 fully saturated rings. The maximum absolute atomic E-state index is 4.39. The number of nitrogens with one attached hydrogen (secondary N) is 1. The van der Waals surface area contributed by atoms with Crippen LogP contribution < -0.4 is 10.2 Å². The van der Waals surface area contributed by atoms with Gasteiger partial charge in [0.25, 0.3) is 0 Å². The Hall–Kier alpha value is -0.880. The Bertz CT molecular complexity index is 401. The molecule has 0 unspecified atom stereocenters. The molecular formula is C12H20BrN5. The molecule has 0 radical (unpaired) electrons. The third-order valence-corrected chi connectivity index (χ3v) is 4.08. The Morgan fingerprint density at radius 2 is 1.89 bits per heavy atom. The number of rotatable bonds is 3. The van der Waals surface area contributed by atoms with Crippen LogP contribution >= 0.6 is 15.9 Å². The number of piperazine rings is 1. The van der Waals surface area contributed by atoms with Gasteiger partial charge in [0.2, 0.25) is 0 Å². The molecule has 100 valence electrons. The van der Waals surface area contributed by atoms with Gasteiger partial charge in [-0.05, 0) is 29.8 Å². The van der Waals surface area contributed by atoms with Crippen LogP contribution in [-0.4, -0.2) is 54.1 Å². The van der Waals surface area contributed by atoms with Gasteiger partial charge in [0.05, 0.1) is 0 Å². The van der Waals surface area contributed by atoms with Crippen molar-refractivity contribution in [3.8, 4) is 0 Å². The van der Waals surface area contributed by atoms with Gasteiger partial charge in [0, 0.05) is 39.3 Å². The smallest absolute Gasteiger partial charge is 0.148 e. The van der Waals surface area contributed by atoms with E-state index in [2.05, 4.69) is 54.9 Å². The summed E-state index contributed by atoms with van der Waals surface area (Å²) < 4.78 is 0.950. The largest absolute Gasteiger partial charge is 0.372 e. The van der Waals surface area contributed by atoms with Gasteiger partial charge >= 0.3 is 0 Å². The lowest BCUT2D eigenvalue weighted by molar-refractivity contribution is 0.209. The molecule has 6 heteroatoms. The first kappa shape index (κ1) is 13.5. The van der Waals surface area contributed by atoms with Gasteiger partial charge in [-0.25, -0.2) is 9.97 Å². The van der Waals surface area contributed by atoms with Gasteiger partial charge in [-0.1, -0.05) is 0 Å². The molecule has 1 aromatic heterocycles. The second-order valence-corrected chi connectivity index (χ2v) is 5.52. The summed E-state index contributed by atoms with van der Waals surface area (Å²) in [4.78, 5) is 13.4. The third kappa shape index (κ3) is 2.75. The van der Waals surface area contributed by atoms with Crippen LogP contribution in [0.5, 0.6) is 0 Å². The van der Waals surface area contributed by atoms with Crippen molar-refractivity contribution in [2.24, 2.45) is 0 Å². The first-order chi connectivity index (χ1) is 8.63. The second-order valence-electron chi connectivity index (χ2n) is 4.73. The highest BCUT2D eigenvalue weighted by atomic mass is 79.9. The Balaban J connectivity index is 2.10. The van der Waals surface area contributed by atoms with Crippen LogP contribution in [0.1, 0.15) is 13.8 Å². The molecule has 0 atom stereocenters. The van der Waals surface area contributed by atoms with E-state index >= 15 is 0 Å². The second kappa shape index (κ2) is 5.84. The summed E-state index contributed by atoms with van der Waals surface area (Å²) in [6.07, 6.45) is 1.61. The molecule has 0 bridgehead atoms. The van der Waals surface area contributed by atoms with Crippen molar-refractivity contribution in [1.29, 1.82) is 0 Å². The van der Waals surface area contributed by atoms with E-state index < -0.39 is 0 Å². The van der Waals surface area contributed by atoms with Crippen molar-refractivity contribution in [2.75, 3.05) is 43.4 Å². The van der Waals surface area contributed by atoms with Crippen LogP contribution in [0.15, 0.2) is 10.8 Å². The molecule has 0 aliphatic carbocycles. The van der Waals surface area contributed by atoms with Crippen molar-refractivity contribution in [2.45, 2.75) is 19.9 Å². The van der Waals surface area contributed by atoms with E-state index in [1.807, 2.05) is 7.05 Å². The lowest BCUT2D eigenvalue weighted by atomic mass is 10.2. The Morgan fingerprint density at radius 3 is 2.44 bits per heavy atom. The van der Waals surface area contributed by atoms with Gasteiger partial charge in [0.1, 0.15) is 22.4 Å². The Morgan fingerprint density at radius 1 is 1.22 bits per heavy atom. The SMILES string of the molecule is CNc1ncnc(N2CCN(C(C)C)CC2)c1Br. The minimum Gasteiger partial charge on any atom is -0.372 e. The predicted octanol–water partition coefficient (Wildman–Crippen LogP) is 1.81. The summed E-state index contributed by atoms with van der Waals surface area (Å²) >= 11 is 3.58. The van der Waals surface area contributed by atoms with E-state index in [4.69, 9.17) is 0 Å². The number of hydrogen-bond acceptors (Lipinski definition) is 5. The van der Waals surface area contributed by atoms with Crippen LogP contribution in [0.25, 0.3) is 0 Å². The van der Waals surface area contributed by atoms with Crippen molar-refractivity contribution < 1.29 is 0 Å². The molecule has 1 aliphatic rings. The van der Waals surface area contributed by atoms with Crippen LogP contribution in [0.2, 0.25) is 0 Å². The van der Waals surface area contributed by atoms with Crippen molar-refractivity contribution in [3.63, 3.8) is 0 Å². The van der Waals surface area contributed by atoms with Crippen molar-refractivity contribution in [3.05, 3.63) is 10.8 Å². The molecule has 2 heterocycles. The number of halogens is 1. The summed E-state index contributed by atoms with van der Waals surface area (Å²) in [6.45, 7) is 8.69. The molecule has 2 rings (SSSR count). The highest BCUT2D eigenvalue weighted by molar-refractivity contribution is 9.10. The number of aromatic nitrogens is 2. The van der Waals surface area contributed by atoms with E-state index in [-0.39, 0.29) is 0 Å². The molecule has 0 spiro atoms. The first-order valence-corrected chi connectivity index (χ1v) is 7.10. The summed E-state index contributed by atoms with van der Waals surface area (Å²) in [5, 5.41) is 3.07. The average molecular weight is 314 g/mol. The summed E-state index contributed by atoms with van der Waals surface area (Å²) in [7, 11) is 1.87. The third-order valence-electron chi connectivity index (χ3n) is 3.35. The Labute approximate surface area is 117 Å². The quantitative estimate of drug-likeness (QED) is 0.922. The van der Waals surface area contributed by atoms with E-state index in [0.29, 0.717) is 6.04 Å². The van der Waals surface area contributed by atoms with E-state index in [1.54, 1.807) is 6.33 Å². The summed E-state index contributed by atoms with van der Waals surface area (Å²) in [5.74, 6) is 1.82. The number of anilines is 2. The van der Waals surface area contributed by atoms with Crippen molar-refractivity contribution in [1.82, 2.24) is 14.9 Å². The van der Waals surface area contributed by atoms with E-state index in [9.17, 15) is 0 Å². The molecule has 1 aromatic rings. The highest BCUT2D eigenvalue weighted by Crippen LogP contribution is 2.29. The topological polar surface area (TPSA) is 44.3 Å².